The van der Waals surface area contributed by atoms with E-state index in [4.69, 9.17) is 16.7 Å². The summed E-state index contributed by atoms with van der Waals surface area (Å²) in [6, 6.07) is 7.51. The molecule has 0 aliphatic heterocycles. The van der Waals surface area contributed by atoms with Crippen LogP contribution >= 0.6 is 23.4 Å². The fraction of sp³-hybridized carbons (Fsp3) is 0.467. The van der Waals surface area contributed by atoms with E-state index in [1.54, 1.807) is 11.8 Å². The lowest BCUT2D eigenvalue weighted by Gasteiger charge is -2.22. The molecule has 0 heterocycles. The summed E-state index contributed by atoms with van der Waals surface area (Å²) >= 11 is 7.58. The van der Waals surface area contributed by atoms with Crippen LogP contribution in [0.15, 0.2) is 29.2 Å². The number of nitrogens with zero attached hydrogens (tertiary/aromatic N) is 1. The van der Waals surface area contributed by atoms with Crippen molar-refractivity contribution < 1.29 is 14.7 Å². The number of rotatable bonds is 8. The van der Waals surface area contributed by atoms with Gasteiger partial charge in [-0.3, -0.25) is 9.59 Å². The van der Waals surface area contributed by atoms with Crippen molar-refractivity contribution in [1.29, 1.82) is 0 Å². The molecule has 116 valence electrons. The van der Waals surface area contributed by atoms with Gasteiger partial charge in [-0.05, 0) is 19.1 Å². The van der Waals surface area contributed by atoms with E-state index in [0.29, 0.717) is 23.7 Å². The Morgan fingerprint density at radius 1 is 1.38 bits per heavy atom. The third-order valence-corrected chi connectivity index (χ3v) is 4.58. The summed E-state index contributed by atoms with van der Waals surface area (Å²) in [5.41, 5.74) is 0. The van der Waals surface area contributed by atoms with Gasteiger partial charge in [-0.1, -0.05) is 30.7 Å². The number of benzene rings is 1. The zero-order valence-corrected chi connectivity index (χ0v) is 13.8. The van der Waals surface area contributed by atoms with Crippen molar-refractivity contribution in [2.24, 2.45) is 5.92 Å². The maximum Gasteiger partial charge on any atom is 0.308 e. The molecule has 1 aromatic carbocycles. The molecule has 0 saturated heterocycles. The van der Waals surface area contributed by atoms with E-state index in [1.807, 2.05) is 31.2 Å². The van der Waals surface area contributed by atoms with Crippen LogP contribution in [0.1, 0.15) is 20.3 Å². The summed E-state index contributed by atoms with van der Waals surface area (Å²) < 4.78 is 0. The third-order valence-electron chi connectivity index (χ3n) is 3.06. The lowest BCUT2D eigenvalue weighted by Crippen LogP contribution is -2.36. The zero-order chi connectivity index (χ0) is 15.8. The molecule has 0 aliphatic rings. The first kappa shape index (κ1) is 17.9. The van der Waals surface area contributed by atoms with Crippen LogP contribution in [0.5, 0.6) is 0 Å². The molecule has 1 amide bonds. The van der Waals surface area contributed by atoms with Crippen molar-refractivity contribution >= 4 is 35.2 Å². The van der Waals surface area contributed by atoms with Crippen LogP contribution in [0.4, 0.5) is 0 Å². The van der Waals surface area contributed by atoms with Gasteiger partial charge in [-0.15, -0.1) is 11.8 Å². The topological polar surface area (TPSA) is 57.6 Å². The molecule has 4 nitrogen and oxygen atoms in total. The largest absolute Gasteiger partial charge is 0.481 e. The Bertz CT molecular complexity index is 496. The molecule has 0 bridgehead atoms. The molecule has 0 spiro atoms. The Labute approximate surface area is 134 Å². The Morgan fingerprint density at radius 2 is 2.05 bits per heavy atom. The second kappa shape index (κ2) is 8.95. The molecule has 1 rings (SSSR count). The fourth-order valence-electron chi connectivity index (χ4n) is 1.78. The first-order valence-electron chi connectivity index (χ1n) is 6.83. The van der Waals surface area contributed by atoms with Gasteiger partial charge in [0, 0.05) is 30.2 Å². The predicted octanol–water partition coefficient (Wildman–Crippen LogP) is 3.39. The maximum absolute atomic E-state index is 12.1. The standard InChI is InChI=1S/C15H20ClNO3S/c1-3-17(10-11(2)15(19)20)14(18)8-9-21-13-7-5-4-6-12(13)16/h4-7,11H,3,8-10H2,1-2H3,(H,19,20). The molecule has 1 atom stereocenters. The number of carbonyl (C=O) groups is 2. The van der Waals surface area contributed by atoms with Crippen LogP contribution in [-0.2, 0) is 9.59 Å². The molecule has 0 fully saturated rings. The van der Waals surface area contributed by atoms with E-state index in [2.05, 4.69) is 0 Å². The summed E-state index contributed by atoms with van der Waals surface area (Å²) in [6.07, 6.45) is 0.371. The lowest BCUT2D eigenvalue weighted by atomic mass is 10.1. The van der Waals surface area contributed by atoms with Gasteiger partial charge in [0.15, 0.2) is 0 Å². The molecule has 0 saturated carbocycles. The molecule has 1 unspecified atom stereocenters. The highest BCUT2D eigenvalue weighted by Gasteiger charge is 2.19. The van der Waals surface area contributed by atoms with Crippen molar-refractivity contribution in [3.8, 4) is 0 Å². The highest BCUT2D eigenvalue weighted by molar-refractivity contribution is 7.99. The molecular formula is C15H20ClNO3S. The second-order valence-electron chi connectivity index (χ2n) is 4.70. The molecule has 0 aromatic heterocycles. The van der Waals surface area contributed by atoms with Gasteiger partial charge in [0.05, 0.1) is 10.9 Å². The molecule has 1 aromatic rings. The van der Waals surface area contributed by atoms with E-state index in [0.717, 1.165) is 4.90 Å². The number of halogens is 1. The summed E-state index contributed by atoms with van der Waals surface area (Å²) in [5.74, 6) is -0.831. The van der Waals surface area contributed by atoms with Gasteiger partial charge in [0.25, 0.3) is 0 Å². The lowest BCUT2D eigenvalue weighted by molar-refractivity contribution is -0.143. The number of hydrogen-bond acceptors (Lipinski definition) is 3. The van der Waals surface area contributed by atoms with Crippen molar-refractivity contribution in [1.82, 2.24) is 4.90 Å². The average molecular weight is 330 g/mol. The van der Waals surface area contributed by atoms with Crippen LogP contribution in [0.3, 0.4) is 0 Å². The number of aliphatic carboxylic acids is 1. The van der Waals surface area contributed by atoms with Gasteiger partial charge in [0.1, 0.15) is 0 Å². The van der Waals surface area contributed by atoms with E-state index >= 15 is 0 Å². The number of carbonyl (C=O) groups excluding carboxylic acids is 1. The average Bonchev–Trinajstić information content (AvgIpc) is 2.46. The van der Waals surface area contributed by atoms with E-state index in [-0.39, 0.29) is 12.5 Å². The molecule has 21 heavy (non-hydrogen) atoms. The number of carboxylic acids is 1. The van der Waals surface area contributed by atoms with E-state index in [1.165, 1.54) is 11.8 Å². The van der Waals surface area contributed by atoms with Gasteiger partial charge < -0.3 is 10.0 Å². The fourth-order valence-corrected chi connectivity index (χ4v) is 2.96. The summed E-state index contributed by atoms with van der Waals surface area (Å²) in [7, 11) is 0. The maximum atomic E-state index is 12.1. The van der Waals surface area contributed by atoms with Crippen LogP contribution in [0.2, 0.25) is 5.02 Å². The first-order chi connectivity index (χ1) is 9.95. The minimum absolute atomic E-state index is 0.0230. The number of carboxylic acid groups (broad SMARTS) is 1. The van der Waals surface area contributed by atoms with Crippen LogP contribution in [-0.4, -0.2) is 40.7 Å². The second-order valence-corrected chi connectivity index (χ2v) is 6.24. The van der Waals surface area contributed by atoms with Crippen molar-refractivity contribution in [3.63, 3.8) is 0 Å². The van der Waals surface area contributed by atoms with Crippen molar-refractivity contribution in [2.75, 3.05) is 18.8 Å². The van der Waals surface area contributed by atoms with E-state index in [9.17, 15) is 9.59 Å². The van der Waals surface area contributed by atoms with Gasteiger partial charge >= 0.3 is 5.97 Å². The third kappa shape index (κ3) is 5.98. The van der Waals surface area contributed by atoms with Gasteiger partial charge in [-0.2, -0.15) is 0 Å². The van der Waals surface area contributed by atoms with E-state index < -0.39 is 11.9 Å². The quantitative estimate of drug-likeness (QED) is 0.743. The van der Waals surface area contributed by atoms with Crippen LogP contribution in [0, 0.1) is 5.92 Å². The van der Waals surface area contributed by atoms with Gasteiger partial charge in [0.2, 0.25) is 5.91 Å². The highest BCUT2D eigenvalue weighted by atomic mass is 35.5. The summed E-state index contributed by atoms with van der Waals surface area (Å²) in [4.78, 5) is 25.5. The van der Waals surface area contributed by atoms with Crippen LogP contribution in [0.25, 0.3) is 0 Å². The Hall–Kier alpha value is -1.20. The first-order valence-corrected chi connectivity index (χ1v) is 8.20. The Balaban J connectivity index is 2.44. The highest BCUT2D eigenvalue weighted by Crippen LogP contribution is 2.27. The number of hydrogen-bond donors (Lipinski definition) is 1. The monoisotopic (exact) mass is 329 g/mol. The normalized spacial score (nSPS) is 12.0. The SMILES string of the molecule is CCN(CC(C)C(=O)O)C(=O)CCSc1ccccc1Cl. The van der Waals surface area contributed by atoms with Gasteiger partial charge in [-0.25, -0.2) is 0 Å². The molecule has 6 heteroatoms. The summed E-state index contributed by atoms with van der Waals surface area (Å²) in [6.45, 7) is 4.24. The molecule has 0 aliphatic carbocycles. The molecule has 0 radical (unpaired) electrons. The number of amides is 1. The number of thioether (sulfide) groups is 1. The minimum atomic E-state index is -0.883. The van der Waals surface area contributed by atoms with Crippen LogP contribution < -0.4 is 0 Å². The Morgan fingerprint density at radius 3 is 2.62 bits per heavy atom. The molecular weight excluding hydrogens is 310 g/mol. The predicted molar refractivity (Wildman–Crippen MR) is 85.8 cm³/mol. The van der Waals surface area contributed by atoms with Crippen molar-refractivity contribution in [3.05, 3.63) is 29.3 Å². The smallest absolute Gasteiger partial charge is 0.308 e. The Kier molecular flexibility index (Phi) is 7.61. The molecule has 1 N–H and O–H groups in total. The zero-order valence-electron chi connectivity index (χ0n) is 12.2. The minimum Gasteiger partial charge on any atom is -0.481 e. The summed E-state index contributed by atoms with van der Waals surface area (Å²) in [5, 5.41) is 9.59. The van der Waals surface area contributed by atoms with Crippen molar-refractivity contribution in [2.45, 2.75) is 25.2 Å².